The number of hydrogen-bond acceptors (Lipinski definition) is 7. The molecule has 9 heteroatoms. The van der Waals surface area contributed by atoms with E-state index in [1.54, 1.807) is 24.8 Å². The third kappa shape index (κ3) is 5.84. The van der Waals surface area contributed by atoms with Crippen LogP contribution in [0.5, 0.6) is 5.75 Å². The molecule has 0 spiro atoms. The number of esters is 1. The normalized spacial score (nSPS) is 19.8. The quantitative estimate of drug-likeness (QED) is 0.302. The van der Waals surface area contributed by atoms with Gasteiger partial charge in [0.25, 0.3) is 0 Å². The van der Waals surface area contributed by atoms with E-state index >= 15 is 0 Å². The number of unbranched alkanes of at least 4 members (excludes halogenated alkanes) is 1. The molecular formula is C27H36N2O5S2. The molecule has 0 saturated heterocycles. The van der Waals surface area contributed by atoms with Gasteiger partial charge >= 0.3 is 5.97 Å². The number of nitrogens with one attached hydrogen (secondary N) is 1. The van der Waals surface area contributed by atoms with E-state index in [1.807, 2.05) is 36.4 Å². The van der Waals surface area contributed by atoms with Crippen molar-refractivity contribution in [3.05, 3.63) is 42.5 Å². The standard InChI is InChI=1S/C27H36N2O5S2/c1-4-7-11-20-18-29(21-12-9-8-10-13-21)22-16-24(35-6-3)23(17-25(22)36(31,32)28-20)34-19-27(14-15-27)26(30)33-5-2/h8-10,12-13,16-17,20,28H,4-7,11,14-15,18-19H2,1-3H3. The lowest BCUT2D eigenvalue weighted by Gasteiger charge is -2.28. The monoisotopic (exact) mass is 532 g/mol. The fraction of sp³-hybridized carbons (Fsp3) is 0.519. The van der Waals surface area contributed by atoms with Crippen molar-refractivity contribution < 1.29 is 22.7 Å². The number of hydrogen-bond donors (Lipinski definition) is 1. The predicted octanol–water partition coefficient (Wildman–Crippen LogP) is 5.51. The molecule has 1 fully saturated rings. The molecule has 1 N–H and O–H groups in total. The smallest absolute Gasteiger partial charge is 0.315 e. The summed E-state index contributed by atoms with van der Waals surface area (Å²) in [6, 6.07) is 13.2. The average molecular weight is 533 g/mol. The van der Waals surface area contributed by atoms with Crippen molar-refractivity contribution >= 4 is 39.1 Å². The number of ether oxygens (including phenoxy) is 2. The SMILES string of the molecule is CCCCC1CN(c2ccccc2)c2cc(SCC)c(OCC3(C(=O)OCC)CC3)cc2S(=O)(=O)N1. The van der Waals surface area contributed by atoms with Crippen molar-refractivity contribution in [3.8, 4) is 5.75 Å². The molecule has 2 aromatic carbocycles. The van der Waals surface area contributed by atoms with Crippen LogP contribution in [0.25, 0.3) is 0 Å². The lowest BCUT2D eigenvalue weighted by Crippen LogP contribution is -2.39. The summed E-state index contributed by atoms with van der Waals surface area (Å²) in [4.78, 5) is 15.6. The van der Waals surface area contributed by atoms with E-state index < -0.39 is 15.4 Å². The molecule has 1 aliphatic heterocycles. The summed E-state index contributed by atoms with van der Waals surface area (Å²) in [5, 5.41) is 0. The zero-order valence-corrected chi connectivity index (χ0v) is 22.9. The minimum atomic E-state index is -3.79. The van der Waals surface area contributed by atoms with Gasteiger partial charge in [0, 0.05) is 24.3 Å². The molecule has 2 aromatic rings. The molecule has 36 heavy (non-hydrogen) atoms. The molecule has 1 saturated carbocycles. The number of rotatable bonds is 11. The Bertz CT molecular complexity index is 1170. The Labute approximate surface area is 219 Å². The molecular weight excluding hydrogens is 496 g/mol. The Kier molecular flexibility index (Phi) is 8.52. The van der Waals surface area contributed by atoms with E-state index in [0.717, 1.165) is 35.6 Å². The molecule has 7 nitrogen and oxygen atoms in total. The zero-order valence-electron chi connectivity index (χ0n) is 21.3. The first-order chi connectivity index (χ1) is 17.3. The summed E-state index contributed by atoms with van der Waals surface area (Å²) in [5.74, 6) is 1.04. The third-order valence-electron chi connectivity index (χ3n) is 6.67. The van der Waals surface area contributed by atoms with Gasteiger partial charge in [-0.1, -0.05) is 44.9 Å². The van der Waals surface area contributed by atoms with Gasteiger partial charge in [-0.25, -0.2) is 13.1 Å². The van der Waals surface area contributed by atoms with Crippen molar-refractivity contribution in [2.24, 2.45) is 5.41 Å². The van der Waals surface area contributed by atoms with Crippen LogP contribution in [-0.4, -0.2) is 45.9 Å². The van der Waals surface area contributed by atoms with Gasteiger partial charge in [0.2, 0.25) is 10.0 Å². The van der Waals surface area contributed by atoms with Crippen LogP contribution in [0.2, 0.25) is 0 Å². The number of carbonyl (C=O) groups excluding carboxylic acids is 1. The van der Waals surface area contributed by atoms with Crippen LogP contribution in [0.4, 0.5) is 11.4 Å². The van der Waals surface area contributed by atoms with E-state index in [4.69, 9.17) is 9.47 Å². The number of para-hydroxylation sites is 1. The van der Waals surface area contributed by atoms with Crippen LogP contribution in [0.15, 0.2) is 52.3 Å². The molecule has 0 aromatic heterocycles. The number of benzene rings is 2. The summed E-state index contributed by atoms with van der Waals surface area (Å²) in [6.45, 7) is 7.00. The molecule has 1 atom stereocenters. The van der Waals surface area contributed by atoms with E-state index in [-0.39, 0.29) is 23.5 Å². The molecule has 2 aliphatic rings. The Morgan fingerprint density at radius 2 is 1.92 bits per heavy atom. The maximum Gasteiger partial charge on any atom is 0.315 e. The van der Waals surface area contributed by atoms with Crippen LogP contribution < -0.4 is 14.4 Å². The minimum absolute atomic E-state index is 0.177. The van der Waals surface area contributed by atoms with Crippen molar-refractivity contribution in [1.29, 1.82) is 0 Å². The highest BCUT2D eigenvalue weighted by Gasteiger charge is 2.52. The summed E-state index contributed by atoms with van der Waals surface area (Å²) in [7, 11) is -3.79. The first-order valence-electron chi connectivity index (χ1n) is 12.8. The molecule has 1 aliphatic carbocycles. The number of fused-ring (bicyclic) bond motifs is 1. The second-order valence-electron chi connectivity index (χ2n) is 9.40. The van der Waals surface area contributed by atoms with Gasteiger partial charge in [-0.2, -0.15) is 0 Å². The first kappa shape index (κ1) is 26.8. The minimum Gasteiger partial charge on any atom is -0.491 e. The summed E-state index contributed by atoms with van der Waals surface area (Å²) in [6.07, 6.45) is 4.12. The molecule has 0 bridgehead atoms. The van der Waals surface area contributed by atoms with Gasteiger partial charge in [-0.15, -0.1) is 11.8 Å². The number of anilines is 2. The largest absolute Gasteiger partial charge is 0.491 e. The number of nitrogens with zero attached hydrogens (tertiary/aromatic N) is 1. The molecule has 4 rings (SSSR count). The highest BCUT2D eigenvalue weighted by molar-refractivity contribution is 7.99. The lowest BCUT2D eigenvalue weighted by molar-refractivity contribution is -0.150. The maximum atomic E-state index is 13.6. The lowest BCUT2D eigenvalue weighted by atomic mass is 10.1. The highest BCUT2D eigenvalue weighted by atomic mass is 32.2. The van der Waals surface area contributed by atoms with E-state index in [2.05, 4.69) is 23.5 Å². The molecule has 0 amide bonds. The van der Waals surface area contributed by atoms with Gasteiger partial charge in [-0.05, 0) is 50.1 Å². The van der Waals surface area contributed by atoms with Crippen LogP contribution in [0, 0.1) is 5.41 Å². The Balaban J connectivity index is 1.75. The zero-order chi connectivity index (χ0) is 25.8. The van der Waals surface area contributed by atoms with Gasteiger partial charge < -0.3 is 14.4 Å². The molecule has 0 radical (unpaired) electrons. The molecule has 1 unspecified atom stereocenters. The first-order valence-corrected chi connectivity index (χ1v) is 15.3. The van der Waals surface area contributed by atoms with Crippen LogP contribution in [-0.2, 0) is 19.6 Å². The van der Waals surface area contributed by atoms with Gasteiger partial charge in [0.05, 0.1) is 17.2 Å². The van der Waals surface area contributed by atoms with Crippen LogP contribution in [0.1, 0.15) is 52.9 Å². The Morgan fingerprint density at radius 3 is 2.56 bits per heavy atom. The topological polar surface area (TPSA) is 84.9 Å². The van der Waals surface area contributed by atoms with Gasteiger partial charge in [0.15, 0.2) is 0 Å². The fourth-order valence-corrected chi connectivity index (χ4v) is 6.72. The van der Waals surface area contributed by atoms with Crippen molar-refractivity contribution in [2.45, 2.75) is 68.7 Å². The highest BCUT2D eigenvalue weighted by Crippen LogP contribution is 2.48. The Hall–Kier alpha value is -2.23. The maximum absolute atomic E-state index is 13.6. The van der Waals surface area contributed by atoms with Gasteiger partial charge in [0.1, 0.15) is 22.7 Å². The van der Waals surface area contributed by atoms with Crippen molar-refractivity contribution in [1.82, 2.24) is 4.72 Å². The number of carbonyl (C=O) groups is 1. The van der Waals surface area contributed by atoms with Crippen molar-refractivity contribution in [3.63, 3.8) is 0 Å². The van der Waals surface area contributed by atoms with E-state index in [9.17, 15) is 13.2 Å². The van der Waals surface area contributed by atoms with Crippen molar-refractivity contribution in [2.75, 3.05) is 30.4 Å². The number of thioether (sulfide) groups is 1. The summed E-state index contributed by atoms with van der Waals surface area (Å²) < 4.78 is 41.6. The molecule has 196 valence electrons. The third-order valence-corrected chi connectivity index (χ3v) is 9.14. The molecule has 1 heterocycles. The number of sulfonamides is 1. The van der Waals surface area contributed by atoms with E-state index in [0.29, 0.717) is 37.4 Å². The second kappa shape index (κ2) is 11.4. The van der Waals surface area contributed by atoms with Crippen LogP contribution >= 0.6 is 11.8 Å². The Morgan fingerprint density at radius 1 is 1.17 bits per heavy atom. The fourth-order valence-electron chi connectivity index (χ4n) is 4.49. The van der Waals surface area contributed by atoms with Gasteiger partial charge in [-0.3, -0.25) is 4.79 Å². The van der Waals surface area contributed by atoms with E-state index in [1.165, 1.54) is 0 Å². The predicted molar refractivity (Wildman–Crippen MR) is 144 cm³/mol. The summed E-state index contributed by atoms with van der Waals surface area (Å²) in [5.41, 5.74) is 0.956. The van der Waals surface area contributed by atoms with Crippen LogP contribution in [0.3, 0.4) is 0 Å². The second-order valence-corrected chi connectivity index (χ2v) is 12.4. The average Bonchev–Trinajstić information content (AvgIpc) is 3.67. The summed E-state index contributed by atoms with van der Waals surface area (Å²) >= 11 is 1.60.